The summed E-state index contributed by atoms with van der Waals surface area (Å²) >= 11 is 5.96. The Labute approximate surface area is 448 Å². The summed E-state index contributed by atoms with van der Waals surface area (Å²) in [6, 6.07) is 13.8. The molecule has 1 saturated carbocycles. The summed E-state index contributed by atoms with van der Waals surface area (Å²) in [5.41, 5.74) is 4.56. The number of carbonyl (C=O) groups excluding carboxylic acids is 4. The van der Waals surface area contributed by atoms with E-state index in [9.17, 15) is 23.2 Å². The maximum absolute atomic E-state index is 15.7. The summed E-state index contributed by atoms with van der Waals surface area (Å²) < 4.78 is 66.5. The fourth-order valence-corrected chi connectivity index (χ4v) is 10.1. The summed E-state index contributed by atoms with van der Waals surface area (Å²) in [6.45, 7) is 2.13. The van der Waals surface area contributed by atoms with Crippen LogP contribution in [0.5, 0.6) is 11.5 Å². The van der Waals surface area contributed by atoms with Crippen molar-refractivity contribution in [2.75, 3.05) is 79.7 Å². The number of halogens is 3. The number of methoxy groups -OCH3 is 1. The molecule has 2 saturated heterocycles. The first kappa shape index (κ1) is 58.9. The zero-order chi connectivity index (χ0) is 55.0. The van der Waals surface area contributed by atoms with E-state index in [1.807, 2.05) is 54.3 Å². The van der Waals surface area contributed by atoms with E-state index in [-0.39, 0.29) is 122 Å². The molecule has 0 radical (unpaired) electrons. The van der Waals surface area contributed by atoms with Gasteiger partial charge in [-0.1, -0.05) is 48.0 Å². The molecule has 3 atom stereocenters. The fraction of sp³-hybridized carbons (Fsp3) is 0.538. The number of carbonyl (C=O) groups is 4. The van der Waals surface area contributed by atoms with Crippen LogP contribution >= 0.6 is 11.6 Å². The van der Waals surface area contributed by atoms with Gasteiger partial charge in [-0.15, -0.1) is 0 Å². The molecule has 3 aliphatic heterocycles. The molecule has 3 fully saturated rings. The van der Waals surface area contributed by atoms with Gasteiger partial charge in [-0.25, -0.2) is 28.0 Å². The van der Waals surface area contributed by atoms with Crippen LogP contribution in [0.25, 0.3) is 5.57 Å². The standard InChI is InChI=1S/C52H66ClF2N5O17/c1-33-28-35(7-14-45(33)69-2)32-57(38-10-11-38)50(62)46-41(36-8-5-34(6-9-36)4-3-19-72-48-43(55)13-12-42(54)47(48)53)31-39-29-37(30-44(46)58(39)51(63)73-24-20-70-22-26-75-59(65)66)49(61)56-17-15-40(16-18-56)77-52(64)74-25-21-71-23-27-76-60(67)68/h5-9,12-14,28,37-40,44,65-68H,3-4,10-11,15-27,29-32H2,1-2H3. The summed E-state index contributed by atoms with van der Waals surface area (Å²) in [4.78, 5) is 71.3. The van der Waals surface area contributed by atoms with Gasteiger partial charge in [-0.05, 0) is 97.9 Å². The number of benzene rings is 3. The van der Waals surface area contributed by atoms with Crippen LogP contribution < -0.4 is 9.47 Å². The largest absolute Gasteiger partial charge is 0.508 e. The zero-order valence-corrected chi connectivity index (χ0v) is 43.7. The molecule has 422 valence electrons. The maximum atomic E-state index is 15.7. The van der Waals surface area contributed by atoms with Crippen molar-refractivity contribution in [3.05, 3.63) is 99.1 Å². The third kappa shape index (κ3) is 16.6. The van der Waals surface area contributed by atoms with E-state index in [1.54, 1.807) is 16.9 Å². The lowest BCUT2D eigenvalue weighted by Gasteiger charge is -2.50. The highest BCUT2D eigenvalue weighted by Gasteiger charge is 2.51. The van der Waals surface area contributed by atoms with E-state index >= 15 is 4.79 Å². The second kappa shape index (κ2) is 28.7. The Morgan fingerprint density at radius 1 is 0.753 bits per heavy atom. The number of fused-ring (bicyclic) bond motifs is 2. The molecule has 22 nitrogen and oxygen atoms in total. The van der Waals surface area contributed by atoms with E-state index < -0.39 is 63.8 Å². The number of aryl methyl sites for hydroxylation is 2. The van der Waals surface area contributed by atoms with Crippen molar-refractivity contribution in [2.24, 2.45) is 5.92 Å². The highest BCUT2D eigenvalue weighted by atomic mass is 35.5. The van der Waals surface area contributed by atoms with Gasteiger partial charge in [0.05, 0.1) is 70.2 Å². The Kier molecular flexibility index (Phi) is 22.0. The Bertz CT molecular complexity index is 2500. The molecule has 3 aromatic carbocycles. The van der Waals surface area contributed by atoms with Crippen molar-refractivity contribution in [3.63, 3.8) is 0 Å². The maximum Gasteiger partial charge on any atom is 0.508 e. The van der Waals surface area contributed by atoms with Crippen LogP contribution in [0.2, 0.25) is 5.02 Å². The van der Waals surface area contributed by atoms with Gasteiger partial charge in [0.1, 0.15) is 35.9 Å². The number of piperidine rings is 2. The molecule has 1 aliphatic carbocycles. The van der Waals surface area contributed by atoms with Crippen LogP contribution in [-0.4, -0.2) is 174 Å². The molecule has 3 heterocycles. The smallest absolute Gasteiger partial charge is 0.496 e. The minimum Gasteiger partial charge on any atom is -0.496 e. The van der Waals surface area contributed by atoms with Crippen LogP contribution in [0.1, 0.15) is 73.6 Å². The van der Waals surface area contributed by atoms with Crippen molar-refractivity contribution in [1.82, 2.24) is 25.5 Å². The second-order valence-corrected chi connectivity index (χ2v) is 19.3. The summed E-state index contributed by atoms with van der Waals surface area (Å²) in [7, 11) is 1.59. The number of amides is 3. The first-order valence-corrected chi connectivity index (χ1v) is 25.9. The van der Waals surface area contributed by atoms with Gasteiger partial charge in [-0.2, -0.15) is 0 Å². The summed E-state index contributed by atoms with van der Waals surface area (Å²) in [5, 5.41) is 33.5. The lowest BCUT2D eigenvalue weighted by molar-refractivity contribution is -0.493. The lowest BCUT2D eigenvalue weighted by Crippen LogP contribution is -2.59. The van der Waals surface area contributed by atoms with E-state index in [4.69, 9.17) is 65.6 Å². The number of hydrogen-bond donors (Lipinski definition) is 4. The van der Waals surface area contributed by atoms with Gasteiger partial charge in [0.25, 0.3) is 5.91 Å². The van der Waals surface area contributed by atoms with Crippen molar-refractivity contribution in [2.45, 2.75) is 95.5 Å². The third-order valence-electron chi connectivity index (χ3n) is 13.7. The molecule has 2 bridgehead atoms. The Morgan fingerprint density at radius 3 is 2.03 bits per heavy atom. The number of nitrogens with zero attached hydrogens (tertiary/aromatic N) is 5. The monoisotopic (exact) mass is 1110 g/mol. The van der Waals surface area contributed by atoms with Crippen molar-refractivity contribution in [1.29, 1.82) is 0 Å². The predicted octanol–water partition coefficient (Wildman–Crippen LogP) is 7.08. The predicted molar refractivity (Wildman–Crippen MR) is 264 cm³/mol. The van der Waals surface area contributed by atoms with Crippen molar-refractivity contribution >= 4 is 41.2 Å². The average molecular weight is 1110 g/mol. The van der Waals surface area contributed by atoms with Crippen LogP contribution in [0, 0.1) is 24.5 Å². The summed E-state index contributed by atoms with van der Waals surface area (Å²) in [6.07, 6.45) is 1.65. The first-order chi connectivity index (χ1) is 37.1. The SMILES string of the molecule is COc1ccc(CN(C(=O)C2=C(c3ccc(CCCOc4c(F)ccc(F)c4Cl)cc3)CC3CC(C(=O)N4CCC(OC(=O)OCCOCCON(O)O)CC4)CC2N3C(=O)OCCOCCON(O)O)C2CC2)cc1C. The van der Waals surface area contributed by atoms with E-state index in [0.29, 0.717) is 37.0 Å². The van der Waals surface area contributed by atoms with Gasteiger partial charge in [0.2, 0.25) is 5.91 Å². The molecule has 4 aliphatic rings. The number of ether oxygens (including phenoxy) is 7. The zero-order valence-electron chi connectivity index (χ0n) is 42.9. The molecule has 4 N–H and O–H groups in total. The molecule has 25 heteroatoms. The quantitative estimate of drug-likeness (QED) is 0.0258. The number of hydrogen-bond acceptors (Lipinski definition) is 19. The molecule has 7 rings (SSSR count). The molecular formula is C52H66ClF2N5O17. The molecule has 3 unspecified atom stereocenters. The van der Waals surface area contributed by atoms with Gasteiger partial charge < -0.3 is 43.0 Å². The molecule has 3 amide bonds. The lowest BCUT2D eigenvalue weighted by atomic mass is 9.73. The number of rotatable bonds is 27. The Hall–Kier alpha value is -5.77. The van der Waals surface area contributed by atoms with E-state index in [1.165, 1.54) is 0 Å². The van der Waals surface area contributed by atoms with E-state index in [0.717, 1.165) is 52.8 Å². The van der Waals surface area contributed by atoms with Gasteiger partial charge in [0, 0.05) is 56.1 Å². The van der Waals surface area contributed by atoms with Crippen LogP contribution in [0.4, 0.5) is 18.4 Å². The molecule has 0 aromatic heterocycles. The Morgan fingerprint density at radius 2 is 1.39 bits per heavy atom. The van der Waals surface area contributed by atoms with Crippen LogP contribution in [-0.2, 0) is 55.9 Å². The second-order valence-electron chi connectivity index (χ2n) is 18.9. The minimum absolute atomic E-state index is 0.00796. The van der Waals surface area contributed by atoms with Gasteiger partial charge in [-0.3, -0.25) is 35.3 Å². The van der Waals surface area contributed by atoms with Crippen molar-refractivity contribution in [3.8, 4) is 11.5 Å². The van der Waals surface area contributed by atoms with Crippen LogP contribution in [0.15, 0.2) is 60.2 Å². The molecular weight excluding hydrogens is 1040 g/mol. The Balaban J connectivity index is 1.11. The normalized spacial score (nSPS) is 18.7. The highest BCUT2D eigenvalue weighted by molar-refractivity contribution is 6.32. The first-order valence-electron chi connectivity index (χ1n) is 25.5. The topological polar surface area (TPSA) is 248 Å². The minimum atomic E-state index is -0.905. The number of likely N-dealkylation sites (tertiary alicyclic amines) is 1. The molecule has 3 aromatic rings. The van der Waals surface area contributed by atoms with Crippen molar-refractivity contribution < 1.29 is 91.6 Å². The fourth-order valence-electron chi connectivity index (χ4n) is 9.92. The van der Waals surface area contributed by atoms with E-state index in [2.05, 4.69) is 9.68 Å². The van der Waals surface area contributed by atoms with Crippen LogP contribution in [0.3, 0.4) is 0 Å². The summed E-state index contributed by atoms with van der Waals surface area (Å²) in [5.74, 6) is -2.24. The highest BCUT2D eigenvalue weighted by Crippen LogP contribution is 2.46. The average Bonchev–Trinajstić information content (AvgIpc) is 4.33. The van der Waals surface area contributed by atoms with Gasteiger partial charge >= 0.3 is 12.2 Å². The van der Waals surface area contributed by atoms with Gasteiger partial charge in [0.15, 0.2) is 11.6 Å². The molecule has 77 heavy (non-hydrogen) atoms. The molecule has 0 spiro atoms. The third-order valence-corrected chi connectivity index (χ3v) is 14.0.